The standard InChI is InChI=1S/C15H9F3N/c16-15(17,18)11-7-5-10(6-8-11)13-9-19-14-4-2-1-3-12(13)14/h1,3-9,19H. The van der Waals surface area contributed by atoms with Gasteiger partial charge in [0.25, 0.3) is 0 Å². The van der Waals surface area contributed by atoms with Crippen molar-refractivity contribution in [1.82, 2.24) is 4.98 Å². The fraction of sp³-hybridized carbons (Fsp3) is 0.0667. The van der Waals surface area contributed by atoms with E-state index in [1.165, 1.54) is 12.1 Å². The number of hydrogen-bond acceptors (Lipinski definition) is 0. The van der Waals surface area contributed by atoms with Crippen molar-refractivity contribution in [2.75, 3.05) is 0 Å². The molecule has 1 heterocycles. The van der Waals surface area contributed by atoms with Crippen molar-refractivity contribution in [3.05, 3.63) is 60.3 Å². The summed E-state index contributed by atoms with van der Waals surface area (Å²) in [6, 6.07) is 13.6. The van der Waals surface area contributed by atoms with Crippen molar-refractivity contribution in [3.8, 4) is 11.1 Å². The molecule has 0 amide bonds. The third-order valence-corrected chi connectivity index (χ3v) is 3.05. The van der Waals surface area contributed by atoms with Gasteiger partial charge in [0, 0.05) is 22.7 Å². The number of H-pyrrole nitrogens is 1. The molecule has 0 aliphatic carbocycles. The molecule has 3 rings (SSSR count). The number of aromatic nitrogens is 1. The van der Waals surface area contributed by atoms with Gasteiger partial charge in [0.05, 0.1) is 5.56 Å². The minimum Gasteiger partial charge on any atom is -0.361 e. The van der Waals surface area contributed by atoms with Gasteiger partial charge in [-0.15, -0.1) is 0 Å². The predicted octanol–water partition coefficient (Wildman–Crippen LogP) is 4.65. The van der Waals surface area contributed by atoms with Crippen LogP contribution in [0, 0.1) is 6.07 Å². The lowest BCUT2D eigenvalue weighted by molar-refractivity contribution is -0.137. The summed E-state index contributed by atoms with van der Waals surface area (Å²) >= 11 is 0. The monoisotopic (exact) mass is 260 g/mol. The van der Waals surface area contributed by atoms with E-state index in [1.54, 1.807) is 12.3 Å². The van der Waals surface area contributed by atoms with Crippen LogP contribution in [0.4, 0.5) is 13.2 Å². The third-order valence-electron chi connectivity index (χ3n) is 3.05. The predicted molar refractivity (Wildman–Crippen MR) is 67.6 cm³/mol. The Bertz CT molecular complexity index is 708. The van der Waals surface area contributed by atoms with Gasteiger partial charge in [-0.1, -0.05) is 24.3 Å². The zero-order chi connectivity index (χ0) is 13.5. The van der Waals surface area contributed by atoms with Crippen molar-refractivity contribution in [2.24, 2.45) is 0 Å². The Balaban J connectivity index is 2.07. The van der Waals surface area contributed by atoms with E-state index in [0.29, 0.717) is 0 Å². The molecule has 4 heteroatoms. The summed E-state index contributed by atoms with van der Waals surface area (Å²) in [5, 5.41) is 0.971. The van der Waals surface area contributed by atoms with Crippen molar-refractivity contribution in [2.45, 2.75) is 6.18 Å². The van der Waals surface area contributed by atoms with Crippen LogP contribution in [0.15, 0.2) is 48.7 Å². The normalized spacial score (nSPS) is 11.9. The van der Waals surface area contributed by atoms with Crippen LogP contribution >= 0.6 is 0 Å². The van der Waals surface area contributed by atoms with Gasteiger partial charge >= 0.3 is 6.18 Å². The Kier molecular flexibility index (Phi) is 2.59. The minimum absolute atomic E-state index is 0.635. The van der Waals surface area contributed by atoms with Gasteiger partial charge in [-0.3, -0.25) is 0 Å². The maximum absolute atomic E-state index is 12.5. The molecular weight excluding hydrogens is 251 g/mol. The highest BCUT2D eigenvalue weighted by Gasteiger charge is 2.30. The second kappa shape index (κ2) is 4.16. The van der Waals surface area contributed by atoms with Crippen LogP contribution in [0.2, 0.25) is 0 Å². The zero-order valence-corrected chi connectivity index (χ0v) is 9.75. The Labute approximate surface area is 107 Å². The molecule has 0 saturated heterocycles. The molecular formula is C15H9F3N. The van der Waals surface area contributed by atoms with E-state index in [-0.39, 0.29) is 0 Å². The molecule has 0 spiro atoms. The summed E-state index contributed by atoms with van der Waals surface area (Å²) in [5.41, 5.74) is 1.92. The van der Waals surface area contributed by atoms with E-state index in [4.69, 9.17) is 0 Å². The first-order valence-corrected chi connectivity index (χ1v) is 5.70. The van der Waals surface area contributed by atoms with Crippen molar-refractivity contribution in [1.29, 1.82) is 0 Å². The van der Waals surface area contributed by atoms with Crippen LogP contribution in [-0.2, 0) is 6.18 Å². The molecule has 0 fully saturated rings. The fourth-order valence-electron chi connectivity index (χ4n) is 2.09. The average molecular weight is 260 g/mol. The number of halogens is 3. The summed E-state index contributed by atoms with van der Waals surface area (Å²) in [6.45, 7) is 0. The maximum atomic E-state index is 12.5. The molecule has 3 aromatic rings. The molecule has 0 bridgehead atoms. The third kappa shape index (κ3) is 2.10. The molecule has 0 atom stereocenters. The first kappa shape index (κ1) is 11.8. The number of rotatable bonds is 1. The molecule has 1 nitrogen and oxygen atoms in total. The lowest BCUT2D eigenvalue weighted by atomic mass is 10.0. The Morgan fingerprint density at radius 2 is 1.74 bits per heavy atom. The summed E-state index contributed by atoms with van der Waals surface area (Å²) in [6.07, 6.45) is -2.51. The molecule has 0 saturated carbocycles. The molecule has 2 aromatic carbocycles. The van der Waals surface area contributed by atoms with Gasteiger partial charge in [-0.05, 0) is 29.8 Å². The number of hydrogen-bond donors (Lipinski definition) is 1. The van der Waals surface area contributed by atoms with Crippen LogP contribution in [0.5, 0.6) is 0 Å². The van der Waals surface area contributed by atoms with Crippen molar-refractivity contribution < 1.29 is 13.2 Å². The number of alkyl halides is 3. The highest BCUT2D eigenvalue weighted by Crippen LogP contribution is 2.33. The first-order valence-electron chi connectivity index (χ1n) is 5.70. The average Bonchev–Trinajstić information content (AvgIpc) is 2.82. The molecule has 0 unspecified atom stereocenters. The largest absolute Gasteiger partial charge is 0.416 e. The second-order valence-electron chi connectivity index (χ2n) is 4.25. The number of benzene rings is 2. The van der Waals surface area contributed by atoms with Crippen LogP contribution in [0.25, 0.3) is 22.0 Å². The molecule has 1 radical (unpaired) electrons. The summed E-state index contributed by atoms with van der Waals surface area (Å²) in [5.74, 6) is 0. The SMILES string of the molecule is FC(F)(F)c1ccc(-c2c[nH]c3c[c]ccc23)cc1. The van der Waals surface area contributed by atoms with Gasteiger partial charge in [0.15, 0.2) is 0 Å². The topological polar surface area (TPSA) is 15.8 Å². The number of nitrogens with one attached hydrogen (secondary N) is 1. The van der Waals surface area contributed by atoms with Crippen molar-refractivity contribution in [3.63, 3.8) is 0 Å². The van der Waals surface area contributed by atoms with Crippen molar-refractivity contribution >= 4 is 10.9 Å². The molecule has 1 N–H and O–H groups in total. The molecule has 0 aliphatic heterocycles. The molecule has 0 aliphatic rings. The smallest absolute Gasteiger partial charge is 0.361 e. The van der Waals surface area contributed by atoms with Gasteiger partial charge in [-0.2, -0.15) is 13.2 Å². The van der Waals surface area contributed by atoms with E-state index in [2.05, 4.69) is 11.1 Å². The lowest BCUT2D eigenvalue weighted by Crippen LogP contribution is -2.03. The van der Waals surface area contributed by atoms with E-state index >= 15 is 0 Å². The second-order valence-corrected chi connectivity index (χ2v) is 4.25. The lowest BCUT2D eigenvalue weighted by Gasteiger charge is -2.07. The zero-order valence-electron chi connectivity index (χ0n) is 9.75. The minimum atomic E-state index is -4.30. The van der Waals surface area contributed by atoms with Crippen LogP contribution in [0.3, 0.4) is 0 Å². The van der Waals surface area contributed by atoms with Crippen LogP contribution in [0.1, 0.15) is 5.56 Å². The number of aromatic amines is 1. The fourth-order valence-corrected chi connectivity index (χ4v) is 2.09. The summed E-state index contributed by atoms with van der Waals surface area (Å²) in [7, 11) is 0. The van der Waals surface area contributed by atoms with Crippen LogP contribution < -0.4 is 0 Å². The maximum Gasteiger partial charge on any atom is 0.416 e. The quantitative estimate of drug-likeness (QED) is 0.655. The van der Waals surface area contributed by atoms with E-state index in [9.17, 15) is 13.2 Å². The highest BCUT2D eigenvalue weighted by molar-refractivity contribution is 5.95. The Morgan fingerprint density at radius 1 is 1.00 bits per heavy atom. The molecule has 19 heavy (non-hydrogen) atoms. The Morgan fingerprint density at radius 3 is 2.42 bits per heavy atom. The van der Waals surface area contributed by atoms with Crippen LogP contribution in [-0.4, -0.2) is 4.98 Å². The number of fused-ring (bicyclic) bond motifs is 1. The van der Waals surface area contributed by atoms with Gasteiger partial charge in [0.2, 0.25) is 0 Å². The van der Waals surface area contributed by atoms with E-state index in [1.807, 2.05) is 12.1 Å². The first-order chi connectivity index (χ1) is 9.05. The van der Waals surface area contributed by atoms with Gasteiger partial charge in [0.1, 0.15) is 0 Å². The molecule has 1 aromatic heterocycles. The van der Waals surface area contributed by atoms with Gasteiger partial charge < -0.3 is 4.98 Å². The van der Waals surface area contributed by atoms with E-state index in [0.717, 1.165) is 34.2 Å². The molecule has 95 valence electrons. The summed E-state index contributed by atoms with van der Waals surface area (Å²) < 4.78 is 37.5. The van der Waals surface area contributed by atoms with Gasteiger partial charge in [-0.25, -0.2) is 0 Å². The highest BCUT2D eigenvalue weighted by atomic mass is 19.4. The summed E-state index contributed by atoms with van der Waals surface area (Å²) in [4.78, 5) is 3.08. The van der Waals surface area contributed by atoms with E-state index < -0.39 is 11.7 Å². The Hall–Kier alpha value is -2.23.